The highest BCUT2D eigenvalue weighted by Crippen LogP contribution is 2.37. The van der Waals surface area contributed by atoms with E-state index in [0.29, 0.717) is 11.3 Å². The zero-order chi connectivity index (χ0) is 19.2. The molecule has 2 aromatic carbocycles. The Labute approximate surface area is 159 Å². The molecule has 0 radical (unpaired) electrons. The zero-order valence-electron chi connectivity index (χ0n) is 16.0. The van der Waals surface area contributed by atoms with Crippen molar-refractivity contribution in [3.8, 4) is 0 Å². The van der Waals surface area contributed by atoms with E-state index in [4.69, 9.17) is 0 Å². The van der Waals surface area contributed by atoms with Crippen LogP contribution < -0.4 is 15.5 Å². The first kappa shape index (κ1) is 17.6. The maximum absolute atomic E-state index is 12.7. The maximum Gasteiger partial charge on any atom is 0.255 e. The van der Waals surface area contributed by atoms with Gasteiger partial charge in [-0.3, -0.25) is 9.59 Å². The van der Waals surface area contributed by atoms with E-state index in [1.54, 1.807) is 6.07 Å². The summed E-state index contributed by atoms with van der Waals surface area (Å²) >= 11 is 0. The fourth-order valence-electron chi connectivity index (χ4n) is 3.83. The minimum Gasteiger partial charge on any atom is -0.358 e. The lowest BCUT2D eigenvalue weighted by molar-refractivity contribution is -0.117. The molecule has 2 aromatic rings. The molecule has 27 heavy (non-hydrogen) atoms. The first-order valence-electron chi connectivity index (χ1n) is 9.46. The number of hydrogen-bond acceptors (Lipinski definition) is 3. The number of carbonyl (C=O) groups excluding carboxylic acids is 2. The van der Waals surface area contributed by atoms with Crippen LogP contribution in [0.25, 0.3) is 0 Å². The van der Waals surface area contributed by atoms with Gasteiger partial charge >= 0.3 is 0 Å². The summed E-state index contributed by atoms with van der Waals surface area (Å²) in [6, 6.07) is 13.4. The van der Waals surface area contributed by atoms with Gasteiger partial charge in [-0.15, -0.1) is 0 Å². The highest BCUT2D eigenvalue weighted by atomic mass is 16.2. The summed E-state index contributed by atoms with van der Waals surface area (Å²) in [5.41, 5.74) is 4.31. The molecule has 1 saturated heterocycles. The van der Waals surface area contributed by atoms with Crippen LogP contribution in [-0.4, -0.2) is 24.4 Å². The fourth-order valence-corrected chi connectivity index (χ4v) is 3.83. The third-order valence-corrected chi connectivity index (χ3v) is 5.39. The summed E-state index contributed by atoms with van der Waals surface area (Å²) in [5, 5.41) is 5.89. The van der Waals surface area contributed by atoms with E-state index >= 15 is 0 Å². The van der Waals surface area contributed by atoms with E-state index in [1.165, 1.54) is 5.56 Å². The summed E-state index contributed by atoms with van der Waals surface area (Å²) in [4.78, 5) is 27.1. The molecule has 2 heterocycles. The molecular weight excluding hydrogens is 338 g/mol. The average Bonchev–Trinajstić information content (AvgIpc) is 3.11. The van der Waals surface area contributed by atoms with Crippen molar-refractivity contribution in [2.45, 2.75) is 45.1 Å². The Balaban J connectivity index is 1.53. The highest BCUT2D eigenvalue weighted by Gasteiger charge is 2.36. The molecule has 2 amide bonds. The molecule has 0 bridgehead atoms. The van der Waals surface area contributed by atoms with E-state index in [9.17, 15) is 9.59 Å². The lowest BCUT2D eigenvalue weighted by atomic mass is 9.87. The summed E-state index contributed by atoms with van der Waals surface area (Å²) < 4.78 is 0. The summed E-state index contributed by atoms with van der Waals surface area (Å²) in [6.45, 7) is 7.36. The lowest BCUT2D eigenvalue weighted by Crippen LogP contribution is -2.43. The molecule has 0 spiro atoms. The van der Waals surface area contributed by atoms with Crippen LogP contribution >= 0.6 is 0 Å². The van der Waals surface area contributed by atoms with Crippen LogP contribution in [0.15, 0.2) is 42.5 Å². The second kappa shape index (κ2) is 6.41. The number of rotatable bonds is 2. The van der Waals surface area contributed by atoms with E-state index in [0.717, 1.165) is 30.8 Å². The Morgan fingerprint density at radius 3 is 2.59 bits per heavy atom. The van der Waals surface area contributed by atoms with Crippen LogP contribution in [0.2, 0.25) is 0 Å². The molecule has 1 atom stereocenters. The molecule has 0 saturated carbocycles. The fraction of sp³-hybridized carbons (Fsp3) is 0.364. The minimum absolute atomic E-state index is 0.0235. The normalized spacial score (nSPS) is 18.6. The second-order valence-corrected chi connectivity index (χ2v) is 8.35. The monoisotopic (exact) mass is 363 g/mol. The molecule has 1 fully saturated rings. The molecule has 5 heteroatoms. The standard InChI is InChI=1S/C22H25N3O2/c1-22(2,3)15-7-9-16(10-8-15)23-20(26)14-6-11-18-17(13-14)24-21(27)19-5-4-12-25(18)19/h6-11,13,19H,4-5,12H2,1-3H3,(H,23,26)(H,24,27)/t19-/m0/s1. The van der Waals surface area contributed by atoms with Crippen molar-refractivity contribution < 1.29 is 9.59 Å². The van der Waals surface area contributed by atoms with Crippen LogP contribution in [0.3, 0.4) is 0 Å². The van der Waals surface area contributed by atoms with Gasteiger partial charge in [-0.05, 0) is 54.2 Å². The Morgan fingerprint density at radius 2 is 1.89 bits per heavy atom. The molecule has 140 valence electrons. The van der Waals surface area contributed by atoms with Crippen LogP contribution in [0.5, 0.6) is 0 Å². The minimum atomic E-state index is -0.181. The number of benzene rings is 2. The number of anilines is 3. The van der Waals surface area contributed by atoms with Crippen molar-refractivity contribution in [3.05, 3.63) is 53.6 Å². The van der Waals surface area contributed by atoms with Gasteiger partial charge in [0.15, 0.2) is 0 Å². The molecule has 0 aromatic heterocycles. The quantitative estimate of drug-likeness (QED) is 0.842. The third kappa shape index (κ3) is 3.29. The Bertz CT molecular complexity index is 897. The van der Waals surface area contributed by atoms with Crippen molar-refractivity contribution in [1.29, 1.82) is 0 Å². The second-order valence-electron chi connectivity index (χ2n) is 8.35. The molecule has 0 aliphatic carbocycles. The van der Waals surface area contributed by atoms with Gasteiger partial charge in [-0.25, -0.2) is 0 Å². The van der Waals surface area contributed by atoms with Gasteiger partial charge in [0.05, 0.1) is 11.4 Å². The molecule has 5 nitrogen and oxygen atoms in total. The average molecular weight is 363 g/mol. The Kier molecular flexibility index (Phi) is 4.17. The topological polar surface area (TPSA) is 61.4 Å². The Hall–Kier alpha value is -2.82. The summed E-state index contributed by atoms with van der Waals surface area (Å²) in [7, 11) is 0. The van der Waals surface area contributed by atoms with Gasteiger partial charge in [-0.2, -0.15) is 0 Å². The zero-order valence-corrected chi connectivity index (χ0v) is 16.0. The van der Waals surface area contributed by atoms with Crippen LogP contribution in [0.4, 0.5) is 17.1 Å². The highest BCUT2D eigenvalue weighted by molar-refractivity contribution is 6.08. The van der Waals surface area contributed by atoms with E-state index < -0.39 is 0 Å². The van der Waals surface area contributed by atoms with Crippen molar-refractivity contribution in [2.75, 3.05) is 22.1 Å². The van der Waals surface area contributed by atoms with E-state index in [2.05, 4.69) is 36.3 Å². The first-order chi connectivity index (χ1) is 12.8. The lowest BCUT2D eigenvalue weighted by Gasteiger charge is -2.33. The van der Waals surface area contributed by atoms with E-state index in [1.807, 2.05) is 36.4 Å². The summed E-state index contributed by atoms with van der Waals surface area (Å²) in [5.74, 6) is -0.158. The first-order valence-corrected chi connectivity index (χ1v) is 9.46. The van der Waals surface area contributed by atoms with Crippen molar-refractivity contribution in [3.63, 3.8) is 0 Å². The molecular formula is C22H25N3O2. The molecule has 4 rings (SSSR count). The molecule has 2 N–H and O–H groups in total. The summed E-state index contributed by atoms with van der Waals surface area (Å²) in [6.07, 6.45) is 1.91. The number of fused-ring (bicyclic) bond motifs is 3. The largest absolute Gasteiger partial charge is 0.358 e. The number of amides is 2. The van der Waals surface area contributed by atoms with Crippen LogP contribution in [-0.2, 0) is 10.2 Å². The van der Waals surface area contributed by atoms with Gasteiger partial charge in [0.25, 0.3) is 5.91 Å². The smallest absolute Gasteiger partial charge is 0.255 e. The predicted octanol–water partition coefficient (Wildman–Crippen LogP) is 4.16. The number of hydrogen-bond donors (Lipinski definition) is 2. The molecule has 0 unspecified atom stereocenters. The number of nitrogens with one attached hydrogen (secondary N) is 2. The molecule has 2 aliphatic heterocycles. The molecule has 2 aliphatic rings. The van der Waals surface area contributed by atoms with Gasteiger partial charge in [0, 0.05) is 17.8 Å². The number of carbonyl (C=O) groups is 2. The van der Waals surface area contributed by atoms with Crippen molar-refractivity contribution in [2.24, 2.45) is 0 Å². The Morgan fingerprint density at radius 1 is 1.15 bits per heavy atom. The predicted molar refractivity (Wildman–Crippen MR) is 109 cm³/mol. The van der Waals surface area contributed by atoms with Gasteiger partial charge in [0.1, 0.15) is 6.04 Å². The maximum atomic E-state index is 12.7. The van der Waals surface area contributed by atoms with Crippen molar-refractivity contribution in [1.82, 2.24) is 0 Å². The van der Waals surface area contributed by atoms with Gasteiger partial charge in [-0.1, -0.05) is 32.9 Å². The van der Waals surface area contributed by atoms with Crippen LogP contribution in [0.1, 0.15) is 49.5 Å². The van der Waals surface area contributed by atoms with Gasteiger partial charge in [0.2, 0.25) is 5.91 Å². The van der Waals surface area contributed by atoms with Crippen molar-refractivity contribution >= 4 is 28.9 Å². The third-order valence-electron chi connectivity index (χ3n) is 5.39. The van der Waals surface area contributed by atoms with Gasteiger partial charge < -0.3 is 15.5 Å². The number of nitrogens with zero attached hydrogens (tertiary/aromatic N) is 1. The van der Waals surface area contributed by atoms with E-state index in [-0.39, 0.29) is 23.3 Å². The SMILES string of the molecule is CC(C)(C)c1ccc(NC(=O)c2ccc3c(c2)NC(=O)[C@@H]2CCCN32)cc1. The van der Waals surface area contributed by atoms with Crippen LogP contribution in [0, 0.1) is 0 Å².